The maximum atomic E-state index is 13.5. The van der Waals surface area contributed by atoms with Crippen LogP contribution in [0.1, 0.15) is 48.2 Å². The van der Waals surface area contributed by atoms with Crippen molar-refractivity contribution in [1.82, 2.24) is 24.8 Å². The summed E-state index contributed by atoms with van der Waals surface area (Å²) in [5.74, 6) is 0.131. The van der Waals surface area contributed by atoms with Crippen LogP contribution >= 0.6 is 0 Å². The van der Waals surface area contributed by atoms with E-state index in [1.54, 1.807) is 24.4 Å². The van der Waals surface area contributed by atoms with Crippen molar-refractivity contribution >= 4 is 40.1 Å². The molecule has 1 unspecified atom stereocenters. The molecule has 4 heterocycles. The Morgan fingerprint density at radius 3 is 2.47 bits per heavy atom. The number of aromatic nitrogens is 4. The van der Waals surface area contributed by atoms with Crippen molar-refractivity contribution in [3.8, 4) is 5.75 Å². The molecule has 2 aromatic carbocycles. The lowest BCUT2D eigenvalue weighted by molar-refractivity contribution is -0.138. The van der Waals surface area contributed by atoms with Gasteiger partial charge in [-0.3, -0.25) is 9.69 Å². The summed E-state index contributed by atoms with van der Waals surface area (Å²) in [5.41, 5.74) is 1.74. The molecule has 0 aliphatic carbocycles. The van der Waals surface area contributed by atoms with Crippen LogP contribution in [0.2, 0.25) is 0 Å². The van der Waals surface area contributed by atoms with E-state index in [1.807, 2.05) is 6.92 Å². The molecule has 14 heteroatoms. The van der Waals surface area contributed by atoms with Gasteiger partial charge in [0, 0.05) is 49.2 Å². The molecular formula is C33H37F3N8O3. The molecule has 2 saturated heterocycles. The highest BCUT2D eigenvalue weighted by molar-refractivity contribution is 6.05. The number of alkyl halides is 3. The molecule has 2 N–H and O–H groups in total. The minimum atomic E-state index is -4.65. The van der Waals surface area contributed by atoms with Crippen molar-refractivity contribution < 1.29 is 27.4 Å². The predicted octanol–water partition coefficient (Wildman–Crippen LogP) is 5.83. The third-order valence-electron chi connectivity index (χ3n) is 8.59. The number of aryl methyl sites for hydroxylation is 1. The normalized spacial score (nSPS) is 19.5. The summed E-state index contributed by atoms with van der Waals surface area (Å²) in [7, 11) is 1.16. The average Bonchev–Trinajstić information content (AvgIpc) is 3.05. The highest BCUT2D eigenvalue weighted by Crippen LogP contribution is 2.38. The van der Waals surface area contributed by atoms with Gasteiger partial charge in [0.25, 0.3) is 5.91 Å². The molecule has 2 aliphatic rings. The smallest absolute Gasteiger partial charge is 0.420 e. The van der Waals surface area contributed by atoms with E-state index >= 15 is 0 Å². The first kappa shape index (κ1) is 32.4. The van der Waals surface area contributed by atoms with Crippen LogP contribution in [0, 0.1) is 6.92 Å². The molecule has 248 valence electrons. The van der Waals surface area contributed by atoms with Gasteiger partial charge in [0.1, 0.15) is 23.1 Å². The van der Waals surface area contributed by atoms with E-state index in [9.17, 15) is 18.0 Å². The molecule has 47 heavy (non-hydrogen) atoms. The van der Waals surface area contributed by atoms with Crippen molar-refractivity contribution in [3.05, 3.63) is 65.6 Å². The van der Waals surface area contributed by atoms with Gasteiger partial charge in [-0.15, -0.1) is 0 Å². The Kier molecular flexibility index (Phi) is 9.15. The topological polar surface area (TPSA) is 118 Å². The van der Waals surface area contributed by atoms with E-state index in [1.165, 1.54) is 18.5 Å². The number of nitrogens with zero attached hydrogens (tertiary/aromatic N) is 6. The minimum Gasteiger partial charge on any atom is -0.496 e. The Morgan fingerprint density at radius 1 is 1.02 bits per heavy atom. The second-order valence-electron chi connectivity index (χ2n) is 12.1. The first-order chi connectivity index (χ1) is 22.5. The first-order valence-electron chi connectivity index (χ1n) is 15.5. The molecule has 0 radical (unpaired) electrons. The molecule has 2 fully saturated rings. The molecule has 2 aliphatic heterocycles. The van der Waals surface area contributed by atoms with E-state index in [2.05, 4.69) is 49.2 Å². The van der Waals surface area contributed by atoms with Crippen LogP contribution in [-0.4, -0.2) is 82.3 Å². The Balaban J connectivity index is 1.18. The number of nitrogens with one attached hydrogen (secondary N) is 2. The molecule has 0 spiro atoms. The van der Waals surface area contributed by atoms with Crippen LogP contribution in [0.4, 0.5) is 36.3 Å². The number of ether oxygens (including phenoxy) is 2. The Labute approximate surface area is 270 Å². The predicted molar refractivity (Wildman–Crippen MR) is 172 cm³/mol. The molecule has 0 saturated carbocycles. The lowest BCUT2D eigenvalue weighted by Gasteiger charge is -2.43. The summed E-state index contributed by atoms with van der Waals surface area (Å²) in [5, 5.41) is 5.83. The van der Waals surface area contributed by atoms with Crippen molar-refractivity contribution in [2.45, 2.75) is 58.0 Å². The Hall–Kier alpha value is -4.56. The number of carbonyl (C=O) groups excluding carboxylic acids is 1. The lowest BCUT2D eigenvalue weighted by Crippen LogP contribution is -2.53. The van der Waals surface area contributed by atoms with Crippen LogP contribution in [0.25, 0.3) is 11.0 Å². The van der Waals surface area contributed by atoms with Crippen molar-refractivity contribution in [3.63, 3.8) is 0 Å². The molecule has 2 atom stereocenters. The van der Waals surface area contributed by atoms with Gasteiger partial charge < -0.3 is 25.0 Å². The van der Waals surface area contributed by atoms with E-state index in [-0.39, 0.29) is 29.2 Å². The molecule has 2 aromatic heterocycles. The first-order valence-corrected chi connectivity index (χ1v) is 15.5. The van der Waals surface area contributed by atoms with Crippen LogP contribution in [0.5, 0.6) is 5.75 Å². The van der Waals surface area contributed by atoms with Crippen molar-refractivity contribution in [2.24, 2.45) is 0 Å². The summed E-state index contributed by atoms with van der Waals surface area (Å²) in [6.45, 7) is 9.64. The molecule has 4 aromatic rings. The number of anilines is 4. The zero-order chi connectivity index (χ0) is 33.3. The number of halogens is 3. The van der Waals surface area contributed by atoms with E-state index in [0.717, 1.165) is 57.8 Å². The number of rotatable bonds is 7. The van der Waals surface area contributed by atoms with Gasteiger partial charge in [-0.2, -0.15) is 13.2 Å². The van der Waals surface area contributed by atoms with Gasteiger partial charge in [0.15, 0.2) is 5.82 Å². The van der Waals surface area contributed by atoms with E-state index in [4.69, 9.17) is 14.5 Å². The molecule has 1 amide bonds. The van der Waals surface area contributed by atoms with Gasteiger partial charge >= 0.3 is 6.18 Å². The summed E-state index contributed by atoms with van der Waals surface area (Å²) in [6, 6.07) is 8.83. The van der Waals surface area contributed by atoms with Crippen LogP contribution in [0.15, 0.2) is 48.9 Å². The number of carbonyl (C=O) groups is 1. The van der Waals surface area contributed by atoms with Gasteiger partial charge in [-0.25, -0.2) is 19.9 Å². The lowest BCUT2D eigenvalue weighted by atomic mass is 10.0. The average molecular weight is 651 g/mol. The number of piperidine rings is 1. The number of benzene rings is 2. The fourth-order valence-corrected chi connectivity index (χ4v) is 6.27. The van der Waals surface area contributed by atoms with Crippen LogP contribution in [0.3, 0.4) is 0 Å². The summed E-state index contributed by atoms with van der Waals surface area (Å²) in [4.78, 5) is 36.1. The standard InChI is InChI=1S/C33H37F3N8O3/c1-19-5-6-22(31(45)40-23-7-8-28(46-4)25(14-23)33(34,35)36)13-26(19)41-30-29-27(38-18-39-30)15-37-32(42-29)43-11-9-24(10-12-43)44-16-20(2)47-21(3)17-44/h5-8,13-15,18,20-21,24H,9-12,16-17H2,1-4H3,(H,40,45)(H,38,39,41)/t20-,21?/m0/s1. The fraction of sp³-hybridized carbons (Fsp3) is 0.424. The van der Waals surface area contributed by atoms with Gasteiger partial charge in [-0.1, -0.05) is 6.07 Å². The highest BCUT2D eigenvalue weighted by atomic mass is 19.4. The number of hydrogen-bond acceptors (Lipinski definition) is 10. The second kappa shape index (κ2) is 13.3. The molecule has 0 bridgehead atoms. The number of hydrogen-bond donors (Lipinski definition) is 2. The maximum Gasteiger partial charge on any atom is 0.420 e. The zero-order valence-corrected chi connectivity index (χ0v) is 26.6. The van der Waals surface area contributed by atoms with Crippen LogP contribution in [-0.2, 0) is 10.9 Å². The minimum absolute atomic E-state index is 0.0117. The number of methoxy groups -OCH3 is 1. The fourth-order valence-electron chi connectivity index (χ4n) is 6.27. The van der Waals surface area contributed by atoms with Gasteiger partial charge in [0.2, 0.25) is 5.95 Å². The third-order valence-corrected chi connectivity index (χ3v) is 8.59. The second-order valence-corrected chi connectivity index (χ2v) is 12.1. The summed E-state index contributed by atoms with van der Waals surface area (Å²) in [6.07, 6.45) is 0.905. The maximum absolute atomic E-state index is 13.5. The number of fused-ring (bicyclic) bond motifs is 1. The van der Waals surface area contributed by atoms with E-state index in [0.29, 0.717) is 34.5 Å². The largest absolute Gasteiger partial charge is 0.496 e. The quantitative estimate of drug-likeness (QED) is 0.253. The summed E-state index contributed by atoms with van der Waals surface area (Å²) < 4.78 is 51.3. The zero-order valence-electron chi connectivity index (χ0n) is 26.6. The summed E-state index contributed by atoms with van der Waals surface area (Å²) >= 11 is 0. The Bertz CT molecular complexity index is 1750. The van der Waals surface area contributed by atoms with E-state index < -0.39 is 17.6 Å². The van der Waals surface area contributed by atoms with Gasteiger partial charge in [0.05, 0.1) is 31.1 Å². The highest BCUT2D eigenvalue weighted by Gasteiger charge is 2.35. The van der Waals surface area contributed by atoms with Crippen molar-refractivity contribution in [2.75, 3.05) is 48.8 Å². The number of amides is 1. The number of morpholine rings is 1. The third kappa shape index (κ3) is 7.23. The molecular weight excluding hydrogens is 613 g/mol. The van der Waals surface area contributed by atoms with Crippen molar-refractivity contribution in [1.29, 1.82) is 0 Å². The monoisotopic (exact) mass is 650 g/mol. The van der Waals surface area contributed by atoms with Gasteiger partial charge in [-0.05, 0) is 69.5 Å². The van der Waals surface area contributed by atoms with Crippen LogP contribution < -0.4 is 20.3 Å². The molecule has 11 nitrogen and oxygen atoms in total. The SMILES string of the molecule is COc1ccc(NC(=O)c2ccc(C)c(Nc3ncnc4cnc(N5CCC(N6CC(C)O[C@@H](C)C6)CC5)nc34)c2)cc1C(F)(F)F. The molecule has 6 rings (SSSR count). The Morgan fingerprint density at radius 2 is 1.77 bits per heavy atom.